The van der Waals surface area contributed by atoms with Crippen molar-refractivity contribution in [1.82, 2.24) is 9.55 Å². The molecule has 0 unspecified atom stereocenters. The van der Waals surface area contributed by atoms with Crippen LogP contribution in [0.1, 0.15) is 12.7 Å². The number of hydrogen-bond donors (Lipinski definition) is 0. The van der Waals surface area contributed by atoms with E-state index in [1.807, 2.05) is 31.2 Å². The van der Waals surface area contributed by atoms with Crippen molar-refractivity contribution in [2.75, 3.05) is 5.75 Å². The van der Waals surface area contributed by atoms with Crippen LogP contribution in [0.2, 0.25) is 0 Å². The van der Waals surface area contributed by atoms with Crippen molar-refractivity contribution in [3.63, 3.8) is 0 Å². The van der Waals surface area contributed by atoms with E-state index in [0.29, 0.717) is 0 Å². The van der Waals surface area contributed by atoms with Crippen LogP contribution in [0, 0.1) is 0 Å². The molecule has 1 aromatic rings. The third kappa shape index (κ3) is 1.77. The van der Waals surface area contributed by atoms with Crippen LogP contribution in [0.15, 0.2) is 12.4 Å². The van der Waals surface area contributed by atoms with Gasteiger partial charge in [0.1, 0.15) is 5.82 Å². The van der Waals surface area contributed by atoms with Crippen LogP contribution in [-0.2, 0) is 12.8 Å². The lowest BCUT2D eigenvalue weighted by Crippen LogP contribution is -1.94. The molecule has 1 aromatic heterocycles. The van der Waals surface area contributed by atoms with Crippen molar-refractivity contribution in [3.8, 4) is 0 Å². The predicted molar refractivity (Wildman–Crippen MR) is 45.0 cm³/mol. The second-order valence-corrected chi connectivity index (χ2v) is 3.37. The summed E-state index contributed by atoms with van der Waals surface area (Å²) in [5.74, 6) is 3.35. The molecular formula is C7H12N2S. The largest absolute Gasteiger partial charge is 0.337 e. The zero-order chi connectivity index (χ0) is 7.40. The number of imidazole rings is 1. The van der Waals surface area contributed by atoms with Gasteiger partial charge in [0, 0.05) is 19.4 Å². The zero-order valence-corrected chi connectivity index (χ0v) is 7.19. The van der Waals surface area contributed by atoms with Crippen molar-refractivity contribution in [2.45, 2.75) is 12.7 Å². The van der Waals surface area contributed by atoms with Crippen LogP contribution >= 0.6 is 11.8 Å². The fourth-order valence-corrected chi connectivity index (χ4v) is 1.39. The molecule has 0 aliphatic carbocycles. The summed E-state index contributed by atoms with van der Waals surface area (Å²) in [6.07, 6.45) is 3.82. The monoisotopic (exact) mass is 156 g/mol. The molecule has 0 saturated heterocycles. The van der Waals surface area contributed by atoms with Gasteiger partial charge in [-0.15, -0.1) is 0 Å². The Morgan fingerprint density at radius 1 is 1.70 bits per heavy atom. The molecule has 0 N–H and O–H groups in total. The average molecular weight is 156 g/mol. The van der Waals surface area contributed by atoms with E-state index >= 15 is 0 Å². The normalized spacial score (nSPS) is 10.2. The van der Waals surface area contributed by atoms with E-state index in [1.165, 1.54) is 0 Å². The lowest BCUT2D eigenvalue weighted by atomic mass is 10.7. The number of rotatable bonds is 3. The summed E-state index contributed by atoms with van der Waals surface area (Å²) in [6, 6.07) is 0. The van der Waals surface area contributed by atoms with E-state index in [0.717, 1.165) is 17.3 Å². The van der Waals surface area contributed by atoms with Gasteiger partial charge in [-0.3, -0.25) is 0 Å². The Morgan fingerprint density at radius 3 is 3.00 bits per heavy atom. The van der Waals surface area contributed by atoms with Crippen LogP contribution < -0.4 is 0 Å². The zero-order valence-electron chi connectivity index (χ0n) is 6.37. The molecular weight excluding hydrogens is 144 g/mol. The summed E-state index contributed by atoms with van der Waals surface area (Å²) in [5.41, 5.74) is 0. The first kappa shape index (κ1) is 7.66. The molecule has 0 amide bonds. The van der Waals surface area contributed by atoms with Crippen LogP contribution in [-0.4, -0.2) is 15.3 Å². The van der Waals surface area contributed by atoms with Crippen molar-refractivity contribution in [1.29, 1.82) is 0 Å². The minimum atomic E-state index is 1.03. The van der Waals surface area contributed by atoms with Crippen molar-refractivity contribution in [2.24, 2.45) is 7.05 Å². The minimum absolute atomic E-state index is 1.03. The highest BCUT2D eigenvalue weighted by atomic mass is 32.2. The van der Waals surface area contributed by atoms with E-state index in [9.17, 15) is 0 Å². The molecule has 1 heterocycles. The molecule has 0 bridgehead atoms. The summed E-state index contributed by atoms with van der Waals surface area (Å²) >= 11 is 1.90. The first-order chi connectivity index (χ1) is 4.84. The van der Waals surface area contributed by atoms with Gasteiger partial charge >= 0.3 is 0 Å². The third-order valence-electron chi connectivity index (χ3n) is 1.36. The molecule has 0 spiro atoms. The Hall–Kier alpha value is -0.440. The SMILES string of the molecule is CCSCc1nccn1C. The Kier molecular flexibility index (Phi) is 2.81. The fraction of sp³-hybridized carbons (Fsp3) is 0.571. The highest BCUT2D eigenvalue weighted by Crippen LogP contribution is 2.07. The van der Waals surface area contributed by atoms with Gasteiger partial charge in [0.2, 0.25) is 0 Å². The summed E-state index contributed by atoms with van der Waals surface area (Å²) in [7, 11) is 2.03. The Bertz CT molecular complexity index is 195. The first-order valence-electron chi connectivity index (χ1n) is 3.38. The van der Waals surface area contributed by atoms with E-state index in [2.05, 4.69) is 16.5 Å². The molecule has 3 heteroatoms. The summed E-state index contributed by atoms with van der Waals surface area (Å²) in [4.78, 5) is 4.20. The molecule has 0 aliphatic rings. The average Bonchev–Trinajstić information content (AvgIpc) is 2.31. The van der Waals surface area contributed by atoms with Gasteiger partial charge < -0.3 is 4.57 Å². The van der Waals surface area contributed by atoms with Crippen molar-refractivity contribution >= 4 is 11.8 Å². The highest BCUT2D eigenvalue weighted by molar-refractivity contribution is 7.98. The second kappa shape index (κ2) is 3.66. The Morgan fingerprint density at radius 2 is 2.50 bits per heavy atom. The highest BCUT2D eigenvalue weighted by Gasteiger charge is 1.95. The van der Waals surface area contributed by atoms with E-state index in [1.54, 1.807) is 0 Å². The minimum Gasteiger partial charge on any atom is -0.337 e. The van der Waals surface area contributed by atoms with Gasteiger partial charge in [0.05, 0.1) is 5.75 Å². The molecule has 10 heavy (non-hydrogen) atoms. The van der Waals surface area contributed by atoms with Gasteiger partial charge in [0.15, 0.2) is 0 Å². The van der Waals surface area contributed by atoms with Gasteiger partial charge in [-0.2, -0.15) is 11.8 Å². The van der Waals surface area contributed by atoms with E-state index in [-0.39, 0.29) is 0 Å². The molecule has 2 nitrogen and oxygen atoms in total. The Balaban J connectivity index is 2.49. The quantitative estimate of drug-likeness (QED) is 0.662. The predicted octanol–water partition coefficient (Wildman–Crippen LogP) is 1.67. The van der Waals surface area contributed by atoms with Crippen molar-refractivity contribution in [3.05, 3.63) is 18.2 Å². The van der Waals surface area contributed by atoms with Gasteiger partial charge in [-0.05, 0) is 5.75 Å². The van der Waals surface area contributed by atoms with Crippen LogP contribution in [0.25, 0.3) is 0 Å². The smallest absolute Gasteiger partial charge is 0.118 e. The topological polar surface area (TPSA) is 17.8 Å². The molecule has 0 radical (unpaired) electrons. The number of nitrogens with zero attached hydrogens (tertiary/aromatic N) is 2. The van der Waals surface area contributed by atoms with Crippen LogP contribution in [0.4, 0.5) is 0 Å². The number of thioether (sulfide) groups is 1. The van der Waals surface area contributed by atoms with Crippen molar-refractivity contribution < 1.29 is 0 Å². The molecule has 56 valence electrons. The lowest BCUT2D eigenvalue weighted by molar-refractivity contribution is 0.849. The number of hydrogen-bond acceptors (Lipinski definition) is 2. The number of aryl methyl sites for hydroxylation is 1. The lowest BCUT2D eigenvalue weighted by Gasteiger charge is -1.97. The van der Waals surface area contributed by atoms with Crippen LogP contribution in [0.3, 0.4) is 0 Å². The summed E-state index contributed by atoms with van der Waals surface area (Å²) < 4.78 is 2.06. The standard InChI is InChI=1S/C7H12N2S/c1-3-10-6-7-8-4-5-9(7)2/h4-5H,3,6H2,1-2H3. The molecule has 0 fully saturated rings. The maximum atomic E-state index is 4.20. The van der Waals surface area contributed by atoms with Gasteiger partial charge in [-0.25, -0.2) is 4.98 Å². The summed E-state index contributed by atoms with van der Waals surface area (Å²) in [5, 5.41) is 0. The maximum Gasteiger partial charge on any atom is 0.118 e. The molecule has 0 aliphatic heterocycles. The van der Waals surface area contributed by atoms with E-state index < -0.39 is 0 Å². The molecule has 0 aromatic carbocycles. The third-order valence-corrected chi connectivity index (χ3v) is 2.23. The van der Waals surface area contributed by atoms with Gasteiger partial charge in [-0.1, -0.05) is 6.92 Å². The van der Waals surface area contributed by atoms with Crippen LogP contribution in [0.5, 0.6) is 0 Å². The number of aromatic nitrogens is 2. The fourth-order valence-electron chi connectivity index (χ4n) is 0.729. The first-order valence-corrected chi connectivity index (χ1v) is 4.54. The second-order valence-electron chi connectivity index (χ2n) is 2.09. The van der Waals surface area contributed by atoms with Gasteiger partial charge in [0.25, 0.3) is 0 Å². The Labute approximate surface area is 65.7 Å². The molecule has 0 saturated carbocycles. The molecule has 1 rings (SSSR count). The maximum absolute atomic E-state index is 4.20. The van der Waals surface area contributed by atoms with E-state index in [4.69, 9.17) is 0 Å². The molecule has 0 atom stereocenters. The summed E-state index contributed by atoms with van der Waals surface area (Å²) in [6.45, 7) is 2.16.